The van der Waals surface area contributed by atoms with E-state index in [1.807, 2.05) is 30.3 Å². The number of nitrogens with one attached hydrogen (secondary N) is 2. The van der Waals surface area contributed by atoms with E-state index in [-0.39, 0.29) is 17.3 Å². The molecule has 0 saturated carbocycles. The molecule has 0 spiro atoms. The Morgan fingerprint density at radius 1 is 1.03 bits per heavy atom. The summed E-state index contributed by atoms with van der Waals surface area (Å²) < 4.78 is 0. The van der Waals surface area contributed by atoms with Gasteiger partial charge >= 0.3 is 6.03 Å². The van der Waals surface area contributed by atoms with Crippen LogP contribution in [0.2, 0.25) is 0 Å². The number of nitrogens with two attached hydrogens (primary N) is 1. The molecule has 0 fully saturated rings. The second-order valence-corrected chi connectivity index (χ2v) is 7.54. The first-order chi connectivity index (χ1) is 13.7. The van der Waals surface area contributed by atoms with Crippen LogP contribution in [-0.4, -0.2) is 32.1 Å². The summed E-state index contributed by atoms with van der Waals surface area (Å²) in [6, 6.07) is 15.6. The molecule has 150 valence electrons. The van der Waals surface area contributed by atoms with E-state index in [4.69, 9.17) is 5.73 Å². The average Bonchev–Trinajstić information content (AvgIpc) is 3.14. The fraction of sp³-hybridized carbons (Fsp3) is 0.250. The first-order valence-electron chi connectivity index (χ1n) is 9.06. The molecular weight excluding hydrogens is 370 g/mol. The molecule has 2 aromatic carbocycles. The molecule has 9 nitrogen and oxygen atoms in total. The van der Waals surface area contributed by atoms with Crippen LogP contribution in [0.15, 0.2) is 54.6 Å². The Hall–Kier alpha value is -3.75. The van der Waals surface area contributed by atoms with Crippen LogP contribution < -0.4 is 16.4 Å². The Kier molecular flexibility index (Phi) is 5.58. The highest BCUT2D eigenvalue weighted by Crippen LogP contribution is 2.24. The van der Waals surface area contributed by atoms with Gasteiger partial charge in [-0.2, -0.15) is 0 Å². The van der Waals surface area contributed by atoms with Gasteiger partial charge < -0.3 is 11.1 Å². The standard InChI is InChI=1S/C20H23N7O2/c1-20(2,3)15-11-9-13(10-12-15)16(22-18(21)29)27-25-19(24-26-27)23-17(28)14-7-5-4-6-8-14/h4-12,16H,1-3H3,(H3,21,22,29)(H,23,25,28). The van der Waals surface area contributed by atoms with Crippen molar-refractivity contribution in [2.75, 3.05) is 5.32 Å². The first-order valence-corrected chi connectivity index (χ1v) is 9.06. The lowest BCUT2D eigenvalue weighted by atomic mass is 9.86. The Morgan fingerprint density at radius 2 is 1.69 bits per heavy atom. The summed E-state index contributed by atoms with van der Waals surface area (Å²) >= 11 is 0. The quantitative estimate of drug-likeness (QED) is 0.613. The van der Waals surface area contributed by atoms with Crippen molar-refractivity contribution in [3.63, 3.8) is 0 Å². The zero-order chi connectivity index (χ0) is 21.0. The van der Waals surface area contributed by atoms with E-state index in [1.54, 1.807) is 24.3 Å². The number of carbonyl (C=O) groups excluding carboxylic acids is 2. The van der Waals surface area contributed by atoms with Crippen molar-refractivity contribution in [1.82, 2.24) is 25.5 Å². The van der Waals surface area contributed by atoms with Crippen LogP contribution in [0.4, 0.5) is 10.7 Å². The zero-order valence-electron chi connectivity index (χ0n) is 16.5. The van der Waals surface area contributed by atoms with Crippen LogP contribution in [-0.2, 0) is 5.41 Å². The van der Waals surface area contributed by atoms with Crippen molar-refractivity contribution < 1.29 is 9.59 Å². The highest BCUT2D eigenvalue weighted by molar-refractivity contribution is 6.03. The number of carbonyl (C=O) groups is 2. The van der Waals surface area contributed by atoms with Crippen molar-refractivity contribution in [2.24, 2.45) is 5.73 Å². The minimum atomic E-state index is -0.767. The molecule has 1 heterocycles. The van der Waals surface area contributed by atoms with Gasteiger partial charge in [-0.25, -0.2) is 4.79 Å². The fourth-order valence-electron chi connectivity index (χ4n) is 2.72. The van der Waals surface area contributed by atoms with Gasteiger partial charge in [-0.3, -0.25) is 10.1 Å². The van der Waals surface area contributed by atoms with E-state index in [1.165, 1.54) is 4.80 Å². The minimum Gasteiger partial charge on any atom is -0.352 e. The lowest BCUT2D eigenvalue weighted by Gasteiger charge is -2.21. The maximum Gasteiger partial charge on any atom is 0.314 e. The Labute approximate surface area is 168 Å². The number of tetrazole rings is 1. The van der Waals surface area contributed by atoms with Gasteiger partial charge in [0.1, 0.15) is 0 Å². The number of hydrogen-bond donors (Lipinski definition) is 3. The number of amides is 3. The molecule has 1 aromatic heterocycles. The SMILES string of the molecule is CC(C)(C)c1ccc(C(NC(N)=O)n2nnc(NC(=O)c3ccccc3)n2)cc1. The summed E-state index contributed by atoms with van der Waals surface area (Å²) in [6.07, 6.45) is -0.767. The van der Waals surface area contributed by atoms with Crippen molar-refractivity contribution in [3.8, 4) is 0 Å². The third kappa shape index (κ3) is 4.95. The Bertz CT molecular complexity index is 992. The number of hydrogen-bond acceptors (Lipinski definition) is 5. The van der Waals surface area contributed by atoms with Gasteiger partial charge in [-0.15, -0.1) is 9.90 Å². The summed E-state index contributed by atoms with van der Waals surface area (Å²) in [7, 11) is 0. The predicted molar refractivity (Wildman–Crippen MR) is 108 cm³/mol. The number of urea groups is 1. The van der Waals surface area contributed by atoms with E-state index in [9.17, 15) is 9.59 Å². The smallest absolute Gasteiger partial charge is 0.314 e. The molecule has 1 atom stereocenters. The lowest BCUT2D eigenvalue weighted by molar-refractivity contribution is 0.102. The van der Waals surface area contributed by atoms with Crippen LogP contribution >= 0.6 is 0 Å². The fourth-order valence-corrected chi connectivity index (χ4v) is 2.72. The number of anilines is 1. The van der Waals surface area contributed by atoms with Gasteiger partial charge in [0.05, 0.1) is 0 Å². The summed E-state index contributed by atoms with van der Waals surface area (Å²) in [5, 5.41) is 17.1. The summed E-state index contributed by atoms with van der Waals surface area (Å²) in [5.74, 6) is -0.347. The molecule has 0 aliphatic carbocycles. The Balaban J connectivity index is 1.83. The van der Waals surface area contributed by atoms with Crippen LogP contribution in [0.25, 0.3) is 0 Å². The maximum absolute atomic E-state index is 12.3. The molecule has 1 unspecified atom stereocenters. The first kappa shape index (κ1) is 20.0. The lowest BCUT2D eigenvalue weighted by Crippen LogP contribution is -2.38. The second-order valence-electron chi connectivity index (χ2n) is 7.54. The molecule has 3 aromatic rings. The predicted octanol–water partition coefficient (Wildman–Crippen LogP) is 2.44. The van der Waals surface area contributed by atoms with Crippen LogP contribution in [0.5, 0.6) is 0 Å². The molecule has 0 radical (unpaired) electrons. The van der Waals surface area contributed by atoms with E-state index < -0.39 is 12.2 Å². The van der Waals surface area contributed by atoms with E-state index >= 15 is 0 Å². The van der Waals surface area contributed by atoms with Gasteiger partial charge in [-0.05, 0) is 33.9 Å². The van der Waals surface area contributed by atoms with E-state index in [2.05, 4.69) is 46.8 Å². The number of benzene rings is 2. The summed E-state index contributed by atoms with van der Waals surface area (Å²) in [4.78, 5) is 25.0. The molecule has 0 aliphatic heterocycles. The summed E-state index contributed by atoms with van der Waals surface area (Å²) in [6.45, 7) is 6.34. The number of rotatable bonds is 5. The third-order valence-corrected chi connectivity index (χ3v) is 4.29. The highest BCUT2D eigenvalue weighted by atomic mass is 16.2. The van der Waals surface area contributed by atoms with Crippen molar-refractivity contribution >= 4 is 17.9 Å². The molecule has 9 heteroatoms. The van der Waals surface area contributed by atoms with Gasteiger partial charge in [0, 0.05) is 5.56 Å². The minimum absolute atomic E-state index is 0.00840. The zero-order valence-corrected chi connectivity index (χ0v) is 16.5. The maximum atomic E-state index is 12.3. The van der Waals surface area contributed by atoms with Gasteiger partial charge in [0.2, 0.25) is 0 Å². The molecule has 0 aliphatic rings. The van der Waals surface area contributed by atoms with Crippen molar-refractivity contribution in [1.29, 1.82) is 0 Å². The van der Waals surface area contributed by atoms with Gasteiger partial charge in [0.25, 0.3) is 11.9 Å². The number of aromatic nitrogens is 4. The topological polar surface area (TPSA) is 128 Å². The molecular formula is C20H23N7O2. The number of nitrogens with zero attached hydrogens (tertiary/aromatic N) is 4. The average molecular weight is 393 g/mol. The summed E-state index contributed by atoms with van der Waals surface area (Å²) in [5.41, 5.74) is 7.64. The highest BCUT2D eigenvalue weighted by Gasteiger charge is 2.21. The molecule has 3 rings (SSSR count). The molecule has 4 N–H and O–H groups in total. The van der Waals surface area contributed by atoms with E-state index in [0.717, 1.165) is 11.1 Å². The molecule has 29 heavy (non-hydrogen) atoms. The van der Waals surface area contributed by atoms with Gasteiger partial charge in [-0.1, -0.05) is 68.3 Å². The Morgan fingerprint density at radius 3 is 2.28 bits per heavy atom. The largest absolute Gasteiger partial charge is 0.352 e. The second kappa shape index (κ2) is 8.09. The van der Waals surface area contributed by atoms with Crippen molar-refractivity contribution in [3.05, 3.63) is 71.3 Å². The van der Waals surface area contributed by atoms with E-state index in [0.29, 0.717) is 5.56 Å². The molecule has 3 amide bonds. The van der Waals surface area contributed by atoms with Crippen LogP contribution in [0, 0.1) is 0 Å². The molecule has 0 saturated heterocycles. The van der Waals surface area contributed by atoms with Crippen molar-refractivity contribution in [2.45, 2.75) is 32.4 Å². The van der Waals surface area contributed by atoms with Gasteiger partial charge in [0.15, 0.2) is 6.17 Å². The normalized spacial score (nSPS) is 12.2. The molecule has 0 bridgehead atoms. The van der Waals surface area contributed by atoms with Crippen LogP contribution in [0.1, 0.15) is 48.4 Å². The number of primary amides is 1. The van der Waals surface area contributed by atoms with Crippen LogP contribution in [0.3, 0.4) is 0 Å². The third-order valence-electron chi connectivity index (χ3n) is 4.29. The monoisotopic (exact) mass is 393 g/mol.